The van der Waals surface area contributed by atoms with Gasteiger partial charge >= 0.3 is 5.97 Å². The summed E-state index contributed by atoms with van der Waals surface area (Å²) in [6, 6.07) is 5.05. The number of hydrogen-bond donors (Lipinski definition) is 7. The summed E-state index contributed by atoms with van der Waals surface area (Å²) in [5.41, 5.74) is 8.21. The smallest absolute Gasteiger partial charge is 0.341 e. The van der Waals surface area contributed by atoms with Gasteiger partial charge in [0, 0.05) is 60.7 Å². The molecule has 14 nitrogen and oxygen atoms in total. The van der Waals surface area contributed by atoms with E-state index in [1.54, 1.807) is 13.0 Å². The van der Waals surface area contributed by atoms with Crippen molar-refractivity contribution in [3.63, 3.8) is 0 Å². The molecule has 7 atom stereocenters. The van der Waals surface area contributed by atoms with Gasteiger partial charge in [-0.2, -0.15) is 0 Å². The number of epoxide rings is 1. The van der Waals surface area contributed by atoms with Crippen LogP contribution in [0.3, 0.4) is 0 Å². The molecule has 8 N–H and O–H groups in total. The lowest BCUT2D eigenvalue weighted by molar-refractivity contribution is -0.170. The summed E-state index contributed by atoms with van der Waals surface area (Å²) in [7, 11) is 1.92. The zero-order chi connectivity index (χ0) is 43.3. The fraction of sp³-hybridized carbons (Fsp3) is 0.500. The Morgan fingerprint density at radius 1 is 1.10 bits per heavy atom. The van der Waals surface area contributed by atoms with Gasteiger partial charge in [0.15, 0.2) is 11.0 Å². The van der Waals surface area contributed by atoms with E-state index in [0.29, 0.717) is 61.5 Å². The maximum Gasteiger partial charge on any atom is 0.341 e. The summed E-state index contributed by atoms with van der Waals surface area (Å²) in [6.45, 7) is 10.0. The minimum absolute atomic E-state index is 0.0479. The van der Waals surface area contributed by atoms with Gasteiger partial charge in [0.25, 0.3) is 0 Å². The number of aromatic hydroxyl groups is 1. The van der Waals surface area contributed by atoms with Gasteiger partial charge in [-0.1, -0.05) is 31.9 Å². The first-order valence-corrected chi connectivity index (χ1v) is 22.4. The van der Waals surface area contributed by atoms with E-state index in [2.05, 4.69) is 74.4 Å². The molecular weight excluding hydrogens is 787 g/mol. The summed E-state index contributed by atoms with van der Waals surface area (Å²) in [6.07, 6.45) is 20.3. The van der Waals surface area contributed by atoms with Crippen molar-refractivity contribution in [3.8, 4) is 11.5 Å². The molecule has 14 heteroatoms. The molecule has 5 aliphatic heterocycles. The Labute approximate surface area is 362 Å². The molecule has 3 aromatic heterocycles. The van der Waals surface area contributed by atoms with Gasteiger partial charge < -0.3 is 60.3 Å². The molecule has 5 aliphatic rings. The van der Waals surface area contributed by atoms with Crippen LogP contribution in [0.5, 0.6) is 11.5 Å². The number of H-pyrrole nitrogens is 1. The fourth-order valence-corrected chi connectivity index (χ4v) is 10.3. The molecule has 9 rings (SSSR count). The monoisotopic (exact) mass is 847 g/mol. The van der Waals surface area contributed by atoms with Crippen molar-refractivity contribution < 1.29 is 28.5 Å². The lowest BCUT2D eigenvalue weighted by atomic mass is 9.75. The van der Waals surface area contributed by atoms with Gasteiger partial charge in [-0.25, -0.2) is 4.79 Å². The third-order valence-corrected chi connectivity index (χ3v) is 13.4. The number of rotatable bonds is 13. The molecule has 0 aliphatic carbocycles. The minimum atomic E-state index is -1.10. The van der Waals surface area contributed by atoms with Crippen LogP contribution in [0.25, 0.3) is 21.9 Å². The number of dihydropyridines is 2. The highest BCUT2D eigenvalue weighted by atomic mass is 16.7. The average Bonchev–Trinajstić information content (AvgIpc) is 3.52. The summed E-state index contributed by atoms with van der Waals surface area (Å²) in [5, 5.41) is 27.2. The number of nitrogens with one attached hydrogen (secondary N) is 5. The Bertz CT molecular complexity index is 2520. The molecule has 0 amide bonds. The molecule has 1 aromatic carbocycles. The minimum Gasteiger partial charge on any atom is -0.507 e. The van der Waals surface area contributed by atoms with Gasteiger partial charge in [-0.15, -0.1) is 0 Å². The lowest BCUT2D eigenvalue weighted by Crippen LogP contribution is -2.52. The van der Waals surface area contributed by atoms with Crippen LogP contribution in [0.4, 0.5) is 0 Å². The first kappa shape index (κ1) is 41.7. The fourth-order valence-electron chi connectivity index (χ4n) is 10.3. The van der Waals surface area contributed by atoms with Crippen LogP contribution >= 0.6 is 0 Å². The molecular formula is C48H61N7O7. The largest absolute Gasteiger partial charge is 0.507 e. The van der Waals surface area contributed by atoms with Crippen LogP contribution in [-0.2, 0) is 20.8 Å². The number of fused-ring (bicyclic) bond motifs is 5. The van der Waals surface area contributed by atoms with E-state index in [-0.39, 0.29) is 46.3 Å². The number of allylic oxidation sites excluding steroid dienone is 2. The second-order valence-electron chi connectivity index (χ2n) is 18.5. The first-order chi connectivity index (χ1) is 29.8. The van der Waals surface area contributed by atoms with Crippen LogP contribution in [0.15, 0.2) is 93.1 Å². The SMILES string of the molecule is CCCCCNC1=CC(C2C=C(CCC3OC34CCC(CNC)CC3c5c(cc6oc(C)cc(=O)c6c5O)OC(C)(C)C3OC4=O)C=C(N)N2)=CC(Cn2cc3cc[nH]c3c2)N1. The van der Waals surface area contributed by atoms with Crippen molar-refractivity contribution >= 4 is 27.8 Å². The lowest BCUT2D eigenvalue weighted by Gasteiger charge is -2.45. The van der Waals surface area contributed by atoms with Crippen molar-refractivity contribution in [1.29, 1.82) is 0 Å². The molecule has 8 heterocycles. The summed E-state index contributed by atoms with van der Waals surface area (Å²) >= 11 is 0. The van der Waals surface area contributed by atoms with E-state index in [1.165, 1.54) is 17.9 Å². The Kier molecular flexibility index (Phi) is 11.2. The quantitative estimate of drug-likeness (QED) is 0.0465. The van der Waals surface area contributed by atoms with Crippen molar-refractivity contribution in [3.05, 3.63) is 105 Å². The van der Waals surface area contributed by atoms with Crippen molar-refractivity contribution in [2.75, 3.05) is 20.1 Å². The topological polar surface area (TPSA) is 193 Å². The molecule has 7 unspecified atom stereocenters. The van der Waals surface area contributed by atoms with E-state index in [9.17, 15) is 14.7 Å². The molecule has 4 aromatic rings. The van der Waals surface area contributed by atoms with Gasteiger partial charge in [-0.3, -0.25) is 4.79 Å². The molecule has 0 saturated carbocycles. The zero-order valence-corrected chi connectivity index (χ0v) is 36.4. The van der Waals surface area contributed by atoms with Crippen molar-refractivity contribution in [2.24, 2.45) is 11.7 Å². The normalized spacial score (nSPS) is 27.8. The summed E-state index contributed by atoms with van der Waals surface area (Å²) < 4.78 is 27.6. The van der Waals surface area contributed by atoms with Crippen molar-refractivity contribution in [2.45, 2.75) is 127 Å². The molecule has 62 heavy (non-hydrogen) atoms. The van der Waals surface area contributed by atoms with Crippen LogP contribution in [-0.4, -0.2) is 76.3 Å². The van der Waals surface area contributed by atoms with Crippen LogP contribution in [0.2, 0.25) is 0 Å². The summed E-state index contributed by atoms with van der Waals surface area (Å²) in [4.78, 5) is 31.0. The molecule has 0 radical (unpaired) electrons. The van der Waals surface area contributed by atoms with Gasteiger partial charge in [0.05, 0.1) is 35.3 Å². The second kappa shape index (κ2) is 16.6. The number of phenols is 1. The predicted molar refractivity (Wildman–Crippen MR) is 239 cm³/mol. The Morgan fingerprint density at radius 3 is 2.76 bits per heavy atom. The van der Waals surface area contributed by atoms with Gasteiger partial charge in [0.1, 0.15) is 39.9 Å². The van der Waals surface area contributed by atoms with Crippen LogP contribution in [0, 0.1) is 12.8 Å². The Hall–Kier alpha value is -5.60. The number of aromatic nitrogens is 2. The number of aryl methyl sites for hydroxylation is 1. The Balaban J connectivity index is 0.938. The molecule has 1 spiro atoms. The Morgan fingerprint density at radius 2 is 1.95 bits per heavy atom. The van der Waals surface area contributed by atoms with Gasteiger partial charge in [-0.05, 0) is 108 Å². The number of unbranched alkanes of at least 4 members (excludes halogenated alkanes) is 2. The predicted octanol–water partition coefficient (Wildman–Crippen LogP) is 6.11. The van der Waals surface area contributed by atoms with E-state index in [4.69, 9.17) is 24.4 Å². The average molecular weight is 848 g/mol. The van der Waals surface area contributed by atoms with E-state index in [1.807, 2.05) is 33.2 Å². The zero-order valence-electron chi connectivity index (χ0n) is 36.4. The number of nitrogens with two attached hydrogens (primary N) is 1. The molecule has 2 saturated heterocycles. The molecule has 330 valence electrons. The summed E-state index contributed by atoms with van der Waals surface area (Å²) in [5.74, 6) is 1.52. The van der Waals surface area contributed by atoms with E-state index >= 15 is 0 Å². The van der Waals surface area contributed by atoms with Gasteiger partial charge in [0.2, 0.25) is 0 Å². The first-order valence-electron chi connectivity index (χ1n) is 22.4. The second-order valence-corrected chi connectivity index (χ2v) is 18.5. The van der Waals surface area contributed by atoms with Crippen LogP contribution < -0.4 is 37.2 Å². The standard InChI is InChI=1S/C48H61N7O7/c1-6-7-8-14-52-41-21-31(20-32(53-41)25-55-24-30-12-15-51-35(30)26-55)34-18-28(19-40(49)54-34)9-10-39-48(62-39)13-11-29(23-50-5)17-33-42-38(61-47(3,4)45(33)60-46(48)58)22-37-43(44(42)57)36(56)16-27(2)59-37/h12,15-16,18-22,24,26,29,32-34,39,45,50-54,57H,6-11,13-14,17,23,25,49H2,1-5H3. The third kappa shape index (κ3) is 8.10. The van der Waals surface area contributed by atoms with E-state index < -0.39 is 29.2 Å². The molecule has 2 fully saturated rings. The van der Waals surface area contributed by atoms with Crippen molar-refractivity contribution in [1.82, 2.24) is 30.8 Å². The number of aromatic amines is 1. The number of esters is 1. The highest BCUT2D eigenvalue weighted by Crippen LogP contribution is 2.54. The maximum absolute atomic E-state index is 14.5. The van der Waals surface area contributed by atoms with Crippen LogP contribution in [0.1, 0.15) is 89.4 Å². The highest BCUT2D eigenvalue weighted by molar-refractivity contribution is 5.88. The number of carbonyl (C=O) groups is 1. The highest BCUT2D eigenvalue weighted by Gasteiger charge is 2.65. The number of ether oxygens (including phenoxy) is 3. The maximum atomic E-state index is 14.5. The number of hydrogen-bond acceptors (Lipinski definition) is 12. The number of nitrogens with zero attached hydrogens (tertiary/aromatic N) is 1. The number of carbonyl (C=O) groups excluding carboxylic acids is 1. The van der Waals surface area contributed by atoms with E-state index in [0.717, 1.165) is 48.4 Å². The third-order valence-electron chi connectivity index (χ3n) is 13.4. The molecule has 0 bridgehead atoms. The number of benzene rings is 1. The number of phenolic OH excluding ortho intramolecular Hbond substituents is 1.